The first-order valence-corrected chi connectivity index (χ1v) is 5.65. The lowest BCUT2D eigenvalue weighted by molar-refractivity contribution is 0.109. The van der Waals surface area contributed by atoms with Crippen molar-refractivity contribution in [3.63, 3.8) is 0 Å². The molecule has 2 rings (SSSR count). The first-order chi connectivity index (χ1) is 8.29. The summed E-state index contributed by atoms with van der Waals surface area (Å²) in [5.74, 6) is 0. The second-order valence-electron chi connectivity index (χ2n) is 3.70. The molecule has 17 heavy (non-hydrogen) atoms. The fourth-order valence-electron chi connectivity index (χ4n) is 1.70. The lowest BCUT2D eigenvalue weighted by Gasteiger charge is -2.15. The number of aromatic nitrogens is 2. The quantitative estimate of drug-likeness (QED) is 0.787. The average Bonchev–Trinajstić information content (AvgIpc) is 2.79. The lowest BCUT2D eigenvalue weighted by Crippen LogP contribution is -2.31. The second kappa shape index (κ2) is 5.47. The molecule has 6 heteroatoms. The highest BCUT2D eigenvalue weighted by Gasteiger charge is 2.28. The number of rotatable bonds is 3. The molecule has 0 radical (unpaired) electrons. The highest BCUT2D eigenvalue weighted by molar-refractivity contribution is 5.67. The van der Waals surface area contributed by atoms with Crippen LogP contribution in [0.1, 0.15) is 13.3 Å². The molecule has 92 valence electrons. The van der Waals surface area contributed by atoms with Gasteiger partial charge in [0.1, 0.15) is 6.10 Å². The summed E-state index contributed by atoms with van der Waals surface area (Å²) in [5, 5.41) is 0. The van der Waals surface area contributed by atoms with Gasteiger partial charge in [0.15, 0.2) is 0 Å². The smallest absolute Gasteiger partial charge is 0.409 e. The molecule has 0 N–H and O–H groups in total. The standard InChI is InChI=1S/C11H15N3O3/c1-2-16-11(15)14-7-4-9(8-14)17-10-12-5-3-6-13-10/h3,5-6,9H,2,4,7-8H2,1H3/t9-/m1/s1. The number of amides is 1. The van der Waals surface area contributed by atoms with Crippen LogP contribution in [0.15, 0.2) is 18.5 Å². The van der Waals surface area contributed by atoms with Crippen LogP contribution in [-0.4, -0.2) is 46.8 Å². The molecule has 1 aliphatic heterocycles. The molecule has 0 saturated carbocycles. The van der Waals surface area contributed by atoms with E-state index in [1.807, 2.05) is 0 Å². The van der Waals surface area contributed by atoms with Gasteiger partial charge in [0.25, 0.3) is 0 Å². The lowest BCUT2D eigenvalue weighted by atomic mass is 10.3. The van der Waals surface area contributed by atoms with Crippen LogP contribution < -0.4 is 4.74 Å². The zero-order chi connectivity index (χ0) is 12.1. The molecule has 0 aromatic carbocycles. The van der Waals surface area contributed by atoms with Crippen LogP contribution in [0.5, 0.6) is 6.01 Å². The predicted molar refractivity (Wildman–Crippen MR) is 59.7 cm³/mol. The maximum atomic E-state index is 11.5. The molecule has 1 saturated heterocycles. The Balaban J connectivity index is 1.84. The van der Waals surface area contributed by atoms with Gasteiger partial charge in [0, 0.05) is 25.4 Å². The van der Waals surface area contributed by atoms with Crippen molar-refractivity contribution in [1.29, 1.82) is 0 Å². The summed E-state index contributed by atoms with van der Waals surface area (Å²) in [6, 6.07) is 2.08. The number of carbonyl (C=O) groups excluding carboxylic acids is 1. The van der Waals surface area contributed by atoms with E-state index in [1.165, 1.54) is 0 Å². The molecular weight excluding hydrogens is 222 g/mol. The van der Waals surface area contributed by atoms with E-state index in [2.05, 4.69) is 9.97 Å². The van der Waals surface area contributed by atoms with Crippen LogP contribution in [0.4, 0.5) is 4.79 Å². The molecule has 2 heterocycles. The zero-order valence-corrected chi connectivity index (χ0v) is 9.70. The summed E-state index contributed by atoms with van der Waals surface area (Å²) in [6.45, 7) is 3.36. The summed E-state index contributed by atoms with van der Waals surface area (Å²) in [7, 11) is 0. The van der Waals surface area contributed by atoms with Crippen LogP contribution in [0, 0.1) is 0 Å². The third-order valence-corrected chi connectivity index (χ3v) is 2.49. The van der Waals surface area contributed by atoms with E-state index >= 15 is 0 Å². The molecule has 0 aliphatic carbocycles. The number of carbonyl (C=O) groups is 1. The largest absolute Gasteiger partial charge is 0.458 e. The van der Waals surface area contributed by atoms with Crippen molar-refractivity contribution in [2.75, 3.05) is 19.7 Å². The molecule has 0 unspecified atom stereocenters. The Kier molecular flexibility index (Phi) is 3.74. The molecule has 1 amide bonds. The summed E-state index contributed by atoms with van der Waals surface area (Å²) in [6.07, 6.45) is 3.69. The summed E-state index contributed by atoms with van der Waals surface area (Å²) < 4.78 is 10.5. The van der Waals surface area contributed by atoms with E-state index in [0.29, 0.717) is 25.7 Å². The molecule has 1 atom stereocenters. The Hall–Kier alpha value is -1.85. The Bertz CT molecular complexity index is 371. The van der Waals surface area contributed by atoms with Gasteiger partial charge in [-0.05, 0) is 13.0 Å². The fraction of sp³-hybridized carbons (Fsp3) is 0.545. The highest BCUT2D eigenvalue weighted by Crippen LogP contribution is 2.15. The van der Waals surface area contributed by atoms with Crippen molar-refractivity contribution in [3.8, 4) is 6.01 Å². The molecule has 1 aromatic heterocycles. The first kappa shape index (κ1) is 11.6. The van der Waals surface area contributed by atoms with Gasteiger partial charge in [-0.15, -0.1) is 0 Å². The van der Waals surface area contributed by atoms with Gasteiger partial charge in [-0.2, -0.15) is 0 Å². The van der Waals surface area contributed by atoms with Crippen LogP contribution in [0.25, 0.3) is 0 Å². The minimum absolute atomic E-state index is 0.0539. The van der Waals surface area contributed by atoms with Crippen molar-refractivity contribution < 1.29 is 14.3 Å². The minimum atomic E-state index is -0.285. The second-order valence-corrected chi connectivity index (χ2v) is 3.70. The van der Waals surface area contributed by atoms with E-state index in [9.17, 15) is 4.79 Å². The van der Waals surface area contributed by atoms with Crippen LogP contribution in [-0.2, 0) is 4.74 Å². The number of ether oxygens (including phenoxy) is 2. The number of likely N-dealkylation sites (tertiary alicyclic amines) is 1. The third-order valence-electron chi connectivity index (χ3n) is 2.49. The molecular formula is C11H15N3O3. The maximum Gasteiger partial charge on any atom is 0.409 e. The van der Waals surface area contributed by atoms with Gasteiger partial charge in [-0.3, -0.25) is 0 Å². The topological polar surface area (TPSA) is 64.5 Å². The Morgan fingerprint density at radius 1 is 1.53 bits per heavy atom. The van der Waals surface area contributed by atoms with Crippen LogP contribution in [0.2, 0.25) is 0 Å². The van der Waals surface area contributed by atoms with Gasteiger partial charge >= 0.3 is 12.1 Å². The van der Waals surface area contributed by atoms with Crippen LogP contribution >= 0.6 is 0 Å². The Morgan fingerprint density at radius 2 is 2.29 bits per heavy atom. The fourth-order valence-corrected chi connectivity index (χ4v) is 1.70. The SMILES string of the molecule is CCOC(=O)N1CC[C@@H](Oc2ncccn2)C1. The molecule has 1 fully saturated rings. The van der Waals surface area contributed by atoms with Crippen molar-refractivity contribution in [3.05, 3.63) is 18.5 Å². The molecule has 0 spiro atoms. The summed E-state index contributed by atoms with van der Waals surface area (Å²) in [5.41, 5.74) is 0. The Morgan fingerprint density at radius 3 is 3.00 bits per heavy atom. The third kappa shape index (κ3) is 3.05. The molecule has 1 aromatic rings. The van der Waals surface area contributed by atoms with E-state index in [1.54, 1.807) is 30.3 Å². The monoisotopic (exact) mass is 237 g/mol. The normalized spacial score (nSPS) is 19.1. The van der Waals surface area contributed by atoms with Crippen molar-refractivity contribution >= 4 is 6.09 Å². The van der Waals surface area contributed by atoms with E-state index in [0.717, 1.165) is 6.42 Å². The van der Waals surface area contributed by atoms with Gasteiger partial charge in [0.05, 0.1) is 13.2 Å². The van der Waals surface area contributed by atoms with Gasteiger partial charge < -0.3 is 14.4 Å². The zero-order valence-electron chi connectivity index (χ0n) is 9.70. The van der Waals surface area contributed by atoms with Crippen molar-refractivity contribution in [1.82, 2.24) is 14.9 Å². The number of nitrogens with zero attached hydrogens (tertiary/aromatic N) is 3. The average molecular weight is 237 g/mol. The summed E-state index contributed by atoms with van der Waals surface area (Å²) in [4.78, 5) is 21.1. The maximum absolute atomic E-state index is 11.5. The molecule has 1 aliphatic rings. The van der Waals surface area contributed by atoms with Gasteiger partial charge in [0.2, 0.25) is 0 Å². The van der Waals surface area contributed by atoms with E-state index in [4.69, 9.17) is 9.47 Å². The predicted octanol–water partition coefficient (Wildman–Crippen LogP) is 1.09. The number of hydrogen-bond donors (Lipinski definition) is 0. The highest BCUT2D eigenvalue weighted by atomic mass is 16.6. The van der Waals surface area contributed by atoms with E-state index in [-0.39, 0.29) is 12.2 Å². The van der Waals surface area contributed by atoms with E-state index < -0.39 is 0 Å². The van der Waals surface area contributed by atoms with Crippen molar-refractivity contribution in [2.45, 2.75) is 19.4 Å². The van der Waals surface area contributed by atoms with Gasteiger partial charge in [-0.1, -0.05) is 0 Å². The number of hydrogen-bond acceptors (Lipinski definition) is 5. The van der Waals surface area contributed by atoms with Crippen LogP contribution in [0.3, 0.4) is 0 Å². The summed E-state index contributed by atoms with van der Waals surface area (Å²) >= 11 is 0. The molecule has 0 bridgehead atoms. The minimum Gasteiger partial charge on any atom is -0.458 e. The molecule has 6 nitrogen and oxygen atoms in total. The van der Waals surface area contributed by atoms with Gasteiger partial charge in [-0.25, -0.2) is 14.8 Å². The first-order valence-electron chi connectivity index (χ1n) is 5.65. The Labute approximate surface area is 99.6 Å². The van der Waals surface area contributed by atoms with Crippen molar-refractivity contribution in [2.24, 2.45) is 0 Å².